The average Bonchev–Trinajstić information content (AvgIpc) is 3.44. The van der Waals surface area contributed by atoms with Gasteiger partial charge in [0.2, 0.25) is 17.7 Å². The molecule has 0 aliphatic carbocycles. The van der Waals surface area contributed by atoms with Crippen molar-refractivity contribution in [2.75, 3.05) is 0 Å². The number of thiophene rings is 1. The minimum absolute atomic E-state index is 0.0722. The number of aryl methyl sites for hydroxylation is 1. The molecule has 146 valence electrons. The summed E-state index contributed by atoms with van der Waals surface area (Å²) in [5.41, 5.74) is 2.95. The molecule has 0 aliphatic heterocycles. The zero-order valence-electron chi connectivity index (χ0n) is 15.4. The van der Waals surface area contributed by atoms with Crippen LogP contribution in [0.5, 0.6) is 0 Å². The number of halogens is 1. The molecule has 0 aliphatic rings. The monoisotopic (exact) mass is 467 g/mol. The van der Waals surface area contributed by atoms with Gasteiger partial charge in [0.25, 0.3) is 0 Å². The van der Waals surface area contributed by atoms with Gasteiger partial charge in [0, 0.05) is 28.3 Å². The topological polar surface area (TPSA) is 68.0 Å². The molecule has 2 aromatic heterocycles. The van der Waals surface area contributed by atoms with Gasteiger partial charge in [-0.05, 0) is 34.7 Å². The zero-order chi connectivity index (χ0) is 20.1. The van der Waals surface area contributed by atoms with Crippen molar-refractivity contribution >= 4 is 33.2 Å². The Hall–Kier alpha value is -2.77. The highest BCUT2D eigenvalue weighted by Gasteiger charge is 2.18. The van der Waals surface area contributed by atoms with Crippen LogP contribution in [0, 0.1) is 0 Å². The van der Waals surface area contributed by atoms with Gasteiger partial charge in [0.05, 0.1) is 6.04 Å². The molecule has 4 rings (SSSR count). The summed E-state index contributed by atoms with van der Waals surface area (Å²) in [4.78, 5) is 12.7. The van der Waals surface area contributed by atoms with Crippen LogP contribution in [0.2, 0.25) is 0 Å². The number of rotatable bonds is 7. The predicted molar refractivity (Wildman–Crippen MR) is 117 cm³/mol. The molecule has 0 radical (unpaired) electrons. The third-order valence-corrected chi connectivity index (χ3v) is 5.65. The van der Waals surface area contributed by atoms with Gasteiger partial charge in [-0.15, -0.1) is 10.2 Å². The van der Waals surface area contributed by atoms with Crippen LogP contribution in [0.1, 0.15) is 29.5 Å². The Balaban J connectivity index is 1.43. The lowest BCUT2D eigenvalue weighted by Gasteiger charge is -2.20. The van der Waals surface area contributed by atoms with E-state index in [0.717, 1.165) is 21.2 Å². The van der Waals surface area contributed by atoms with Crippen molar-refractivity contribution in [2.24, 2.45) is 0 Å². The molecule has 2 aromatic carbocycles. The first-order valence-corrected chi connectivity index (χ1v) is 10.9. The molecule has 0 bridgehead atoms. The molecule has 4 aromatic rings. The number of carbonyl (C=O) groups excluding carboxylic acids is 1. The molecule has 0 saturated heterocycles. The predicted octanol–water partition coefficient (Wildman–Crippen LogP) is 5.40. The van der Waals surface area contributed by atoms with Crippen LogP contribution in [0.4, 0.5) is 0 Å². The van der Waals surface area contributed by atoms with E-state index < -0.39 is 0 Å². The van der Waals surface area contributed by atoms with Crippen molar-refractivity contribution in [1.29, 1.82) is 0 Å². The molecule has 0 saturated carbocycles. The summed E-state index contributed by atoms with van der Waals surface area (Å²) in [5, 5.41) is 15.1. The van der Waals surface area contributed by atoms with E-state index in [0.29, 0.717) is 18.2 Å². The van der Waals surface area contributed by atoms with E-state index in [9.17, 15) is 4.79 Å². The standard InChI is InChI=1S/C22H18BrN3O2S/c23-18-8-6-16(7-9-18)21(15-4-2-1-3-5-15)24-19(27)10-11-20-25-26-22(28-20)17-12-13-29-14-17/h1-9,12-14,21H,10-11H2,(H,24,27). The van der Waals surface area contributed by atoms with Crippen molar-refractivity contribution in [2.45, 2.75) is 18.9 Å². The largest absolute Gasteiger partial charge is 0.421 e. The second-order valence-corrected chi connectivity index (χ2v) is 8.17. The quantitative estimate of drug-likeness (QED) is 0.395. The number of benzene rings is 2. The van der Waals surface area contributed by atoms with Gasteiger partial charge in [-0.3, -0.25) is 4.79 Å². The summed E-state index contributed by atoms with van der Waals surface area (Å²) in [6.45, 7) is 0. The maximum Gasteiger partial charge on any atom is 0.248 e. The summed E-state index contributed by atoms with van der Waals surface area (Å²) in [6.07, 6.45) is 0.663. The van der Waals surface area contributed by atoms with Crippen LogP contribution in [0.3, 0.4) is 0 Å². The summed E-state index contributed by atoms with van der Waals surface area (Å²) >= 11 is 5.03. The van der Waals surface area contributed by atoms with Crippen molar-refractivity contribution in [3.8, 4) is 11.5 Å². The maximum atomic E-state index is 12.7. The first-order valence-electron chi connectivity index (χ1n) is 9.14. The van der Waals surface area contributed by atoms with Gasteiger partial charge < -0.3 is 9.73 Å². The molecular formula is C22H18BrN3O2S. The molecule has 1 amide bonds. The minimum atomic E-state index is -0.221. The summed E-state index contributed by atoms with van der Waals surface area (Å²) in [5.74, 6) is 0.872. The summed E-state index contributed by atoms with van der Waals surface area (Å²) < 4.78 is 6.66. The lowest BCUT2D eigenvalue weighted by atomic mass is 9.98. The smallest absolute Gasteiger partial charge is 0.248 e. The van der Waals surface area contributed by atoms with E-state index in [2.05, 4.69) is 31.4 Å². The van der Waals surface area contributed by atoms with Gasteiger partial charge in [0.1, 0.15) is 0 Å². The lowest BCUT2D eigenvalue weighted by molar-refractivity contribution is -0.121. The van der Waals surface area contributed by atoms with Gasteiger partial charge >= 0.3 is 0 Å². The number of hydrogen-bond donors (Lipinski definition) is 1. The van der Waals surface area contributed by atoms with Gasteiger partial charge in [-0.1, -0.05) is 58.4 Å². The number of aromatic nitrogens is 2. The molecule has 1 N–H and O–H groups in total. The van der Waals surface area contributed by atoms with E-state index >= 15 is 0 Å². The van der Waals surface area contributed by atoms with Crippen LogP contribution in [-0.4, -0.2) is 16.1 Å². The number of hydrogen-bond acceptors (Lipinski definition) is 5. The number of nitrogens with one attached hydrogen (secondary N) is 1. The molecule has 0 fully saturated rings. The first-order chi connectivity index (χ1) is 14.2. The molecule has 1 atom stereocenters. The fraction of sp³-hybridized carbons (Fsp3) is 0.136. The van der Waals surface area contributed by atoms with Crippen LogP contribution < -0.4 is 5.32 Å². The molecule has 7 heteroatoms. The lowest BCUT2D eigenvalue weighted by Crippen LogP contribution is -2.29. The molecule has 29 heavy (non-hydrogen) atoms. The summed E-state index contributed by atoms with van der Waals surface area (Å²) in [7, 11) is 0. The Morgan fingerprint density at radius 3 is 2.52 bits per heavy atom. The molecule has 5 nitrogen and oxygen atoms in total. The Labute approximate surface area is 180 Å². The van der Waals surface area contributed by atoms with Crippen LogP contribution >= 0.6 is 27.3 Å². The minimum Gasteiger partial charge on any atom is -0.421 e. The highest BCUT2D eigenvalue weighted by atomic mass is 79.9. The average molecular weight is 468 g/mol. The van der Waals surface area contributed by atoms with E-state index in [1.807, 2.05) is 71.4 Å². The number of nitrogens with zero attached hydrogens (tertiary/aromatic N) is 2. The highest BCUT2D eigenvalue weighted by Crippen LogP contribution is 2.24. The SMILES string of the molecule is O=C(CCc1nnc(-c2ccsc2)o1)NC(c1ccccc1)c1ccc(Br)cc1. The van der Waals surface area contributed by atoms with Gasteiger partial charge in [-0.25, -0.2) is 0 Å². The Morgan fingerprint density at radius 1 is 1.03 bits per heavy atom. The summed E-state index contributed by atoms with van der Waals surface area (Å²) in [6, 6.07) is 19.6. The third-order valence-electron chi connectivity index (χ3n) is 4.44. The second kappa shape index (κ2) is 9.15. The van der Waals surface area contributed by atoms with Crippen LogP contribution in [0.25, 0.3) is 11.5 Å². The molecule has 2 heterocycles. The molecule has 0 spiro atoms. The van der Waals surface area contributed by atoms with E-state index in [1.54, 1.807) is 11.3 Å². The normalized spacial score (nSPS) is 11.9. The van der Waals surface area contributed by atoms with Crippen LogP contribution in [-0.2, 0) is 11.2 Å². The van der Waals surface area contributed by atoms with Crippen LogP contribution in [0.15, 0.2) is 80.3 Å². The Bertz CT molecular complexity index is 1060. The molecular weight excluding hydrogens is 450 g/mol. The number of amides is 1. The fourth-order valence-electron chi connectivity index (χ4n) is 2.97. The van der Waals surface area contributed by atoms with Crippen molar-refractivity contribution in [3.05, 3.63) is 92.9 Å². The van der Waals surface area contributed by atoms with Crippen molar-refractivity contribution in [1.82, 2.24) is 15.5 Å². The molecule has 1 unspecified atom stereocenters. The Kier molecular flexibility index (Phi) is 6.17. The second-order valence-electron chi connectivity index (χ2n) is 6.48. The highest BCUT2D eigenvalue weighted by molar-refractivity contribution is 9.10. The van der Waals surface area contributed by atoms with Gasteiger partial charge in [-0.2, -0.15) is 11.3 Å². The first kappa shape index (κ1) is 19.5. The fourth-order valence-corrected chi connectivity index (χ4v) is 3.86. The third kappa shape index (κ3) is 4.99. The van der Waals surface area contributed by atoms with E-state index in [1.165, 1.54) is 0 Å². The number of carbonyl (C=O) groups is 1. The maximum absolute atomic E-state index is 12.7. The van der Waals surface area contributed by atoms with E-state index in [-0.39, 0.29) is 18.4 Å². The van der Waals surface area contributed by atoms with Gasteiger partial charge in [0.15, 0.2) is 0 Å². The van der Waals surface area contributed by atoms with E-state index in [4.69, 9.17) is 4.42 Å². The zero-order valence-corrected chi connectivity index (χ0v) is 17.8. The van der Waals surface area contributed by atoms with Crippen molar-refractivity contribution < 1.29 is 9.21 Å². The van der Waals surface area contributed by atoms with Crippen molar-refractivity contribution in [3.63, 3.8) is 0 Å². The Morgan fingerprint density at radius 2 is 1.79 bits per heavy atom.